The lowest BCUT2D eigenvalue weighted by molar-refractivity contribution is -0.136. The van der Waals surface area contributed by atoms with E-state index in [4.69, 9.17) is 14.3 Å². The van der Waals surface area contributed by atoms with Crippen LogP contribution >= 0.6 is 0 Å². The Morgan fingerprint density at radius 3 is 2.43 bits per heavy atom. The molecule has 0 aliphatic heterocycles. The Hall–Kier alpha value is -3.61. The van der Waals surface area contributed by atoms with E-state index in [1.54, 1.807) is 36.4 Å². The van der Waals surface area contributed by atoms with E-state index in [9.17, 15) is 14.0 Å². The molecule has 2 N–H and O–H groups in total. The normalized spacial score (nSPS) is 14.9. The van der Waals surface area contributed by atoms with Gasteiger partial charge in [0.2, 0.25) is 0 Å². The fourth-order valence-corrected chi connectivity index (χ4v) is 4.60. The Labute approximate surface area is 204 Å². The van der Waals surface area contributed by atoms with Crippen LogP contribution in [0.4, 0.5) is 4.39 Å². The van der Waals surface area contributed by atoms with Crippen molar-refractivity contribution in [2.75, 3.05) is 6.54 Å². The van der Waals surface area contributed by atoms with Crippen molar-refractivity contribution in [1.29, 1.82) is 0 Å². The minimum Gasteiger partial charge on any atom is -0.485 e. The SMILES string of the molecule is Cc1oc(-c2ccc(F)cc2)cc1C(Oc1ccc(C(=O)NCCC(=O)O)cc1)C1CCCCC1. The summed E-state index contributed by atoms with van der Waals surface area (Å²) in [4.78, 5) is 22.9. The molecule has 1 fully saturated rings. The number of aryl methyl sites for hydroxylation is 1. The van der Waals surface area contributed by atoms with E-state index in [1.807, 2.05) is 13.0 Å². The number of carboxylic acids is 1. The van der Waals surface area contributed by atoms with Crippen LogP contribution in [0.25, 0.3) is 11.3 Å². The number of nitrogens with one attached hydrogen (secondary N) is 1. The molecular formula is C28H30FNO5. The quantitative estimate of drug-likeness (QED) is 0.376. The highest BCUT2D eigenvalue weighted by Gasteiger charge is 2.30. The van der Waals surface area contributed by atoms with Gasteiger partial charge in [-0.2, -0.15) is 0 Å². The molecule has 0 spiro atoms. The number of halogens is 1. The fraction of sp³-hybridized carbons (Fsp3) is 0.357. The minimum atomic E-state index is -0.958. The second-order valence-corrected chi connectivity index (χ2v) is 8.99. The minimum absolute atomic E-state index is 0.0757. The monoisotopic (exact) mass is 479 g/mol. The van der Waals surface area contributed by atoms with Gasteiger partial charge in [0, 0.05) is 29.2 Å². The van der Waals surface area contributed by atoms with Crippen molar-refractivity contribution in [3.05, 3.63) is 77.3 Å². The Bertz CT molecular complexity index is 1150. The molecule has 1 atom stereocenters. The summed E-state index contributed by atoms with van der Waals surface area (Å²) in [5.41, 5.74) is 2.23. The number of hydrogen-bond donors (Lipinski definition) is 2. The van der Waals surface area contributed by atoms with E-state index in [-0.39, 0.29) is 30.8 Å². The lowest BCUT2D eigenvalue weighted by atomic mass is 9.82. The number of ether oxygens (including phenoxy) is 1. The zero-order valence-electron chi connectivity index (χ0n) is 19.8. The number of benzene rings is 2. The number of carbonyl (C=O) groups excluding carboxylic acids is 1. The van der Waals surface area contributed by atoms with Crippen LogP contribution in [0.2, 0.25) is 0 Å². The number of carbonyl (C=O) groups is 2. The van der Waals surface area contributed by atoms with E-state index in [0.717, 1.165) is 42.6 Å². The molecule has 3 aromatic rings. The highest BCUT2D eigenvalue weighted by atomic mass is 19.1. The van der Waals surface area contributed by atoms with Crippen molar-refractivity contribution in [3.8, 4) is 17.1 Å². The molecule has 1 aliphatic carbocycles. The van der Waals surface area contributed by atoms with Crippen LogP contribution in [0, 0.1) is 18.7 Å². The van der Waals surface area contributed by atoms with Crippen molar-refractivity contribution < 1.29 is 28.2 Å². The first-order chi connectivity index (χ1) is 16.9. The number of aliphatic carboxylic acids is 1. The summed E-state index contributed by atoms with van der Waals surface area (Å²) in [6.07, 6.45) is 5.32. The predicted octanol–water partition coefficient (Wildman–Crippen LogP) is 6.30. The molecular weight excluding hydrogens is 449 g/mol. The molecule has 1 aliphatic rings. The average Bonchev–Trinajstić information content (AvgIpc) is 3.24. The summed E-state index contributed by atoms with van der Waals surface area (Å²) in [5, 5.41) is 11.3. The first-order valence-corrected chi connectivity index (χ1v) is 12.0. The van der Waals surface area contributed by atoms with Gasteiger partial charge in [0.1, 0.15) is 29.2 Å². The van der Waals surface area contributed by atoms with Gasteiger partial charge in [-0.1, -0.05) is 19.3 Å². The highest BCUT2D eigenvalue weighted by Crippen LogP contribution is 2.41. The summed E-state index contributed by atoms with van der Waals surface area (Å²) in [6, 6.07) is 15.1. The van der Waals surface area contributed by atoms with Gasteiger partial charge < -0.3 is 19.6 Å². The van der Waals surface area contributed by atoms with Gasteiger partial charge in [-0.05, 0) is 74.4 Å². The standard InChI is InChI=1S/C28H30FNO5/c1-18-24(17-25(34-18)19-7-11-22(29)12-8-19)27(20-5-3-2-4-6-20)35-23-13-9-21(10-14-23)28(33)30-16-15-26(31)32/h7-14,17,20,27H,2-6,15-16H2,1H3,(H,30,33)(H,31,32). The lowest BCUT2D eigenvalue weighted by Crippen LogP contribution is -2.26. The van der Waals surface area contributed by atoms with Gasteiger partial charge in [0.15, 0.2) is 0 Å². The first kappa shape index (κ1) is 24.5. The summed E-state index contributed by atoms with van der Waals surface area (Å²) in [6.45, 7) is 2.00. The maximum Gasteiger partial charge on any atom is 0.305 e. The van der Waals surface area contributed by atoms with Crippen LogP contribution in [-0.2, 0) is 4.79 Å². The van der Waals surface area contributed by atoms with Crippen LogP contribution in [0.5, 0.6) is 5.75 Å². The molecule has 6 nitrogen and oxygen atoms in total. The van der Waals surface area contributed by atoms with Gasteiger partial charge in [-0.25, -0.2) is 4.39 Å². The third kappa shape index (κ3) is 6.29. The van der Waals surface area contributed by atoms with Crippen molar-refractivity contribution in [2.45, 2.75) is 51.6 Å². The smallest absolute Gasteiger partial charge is 0.305 e. The average molecular weight is 480 g/mol. The van der Waals surface area contributed by atoms with Crippen molar-refractivity contribution in [1.82, 2.24) is 5.32 Å². The third-order valence-corrected chi connectivity index (χ3v) is 6.47. The molecule has 0 bridgehead atoms. The van der Waals surface area contributed by atoms with Crippen LogP contribution in [0.15, 0.2) is 59.0 Å². The summed E-state index contributed by atoms with van der Waals surface area (Å²) in [5.74, 6) is 0.854. The molecule has 35 heavy (non-hydrogen) atoms. The lowest BCUT2D eigenvalue weighted by Gasteiger charge is -2.30. The van der Waals surface area contributed by atoms with Gasteiger partial charge in [-0.15, -0.1) is 0 Å². The molecule has 1 heterocycles. The Morgan fingerprint density at radius 2 is 1.77 bits per heavy atom. The van der Waals surface area contributed by atoms with Gasteiger partial charge >= 0.3 is 5.97 Å². The molecule has 1 unspecified atom stereocenters. The summed E-state index contributed by atoms with van der Waals surface area (Å²) in [7, 11) is 0. The van der Waals surface area contributed by atoms with Crippen LogP contribution in [0.1, 0.15) is 66.3 Å². The highest BCUT2D eigenvalue weighted by molar-refractivity contribution is 5.94. The molecule has 0 radical (unpaired) electrons. The van der Waals surface area contributed by atoms with E-state index in [2.05, 4.69) is 5.32 Å². The number of hydrogen-bond acceptors (Lipinski definition) is 4. The van der Waals surface area contributed by atoms with Crippen molar-refractivity contribution >= 4 is 11.9 Å². The van der Waals surface area contributed by atoms with Gasteiger partial charge in [0.25, 0.3) is 5.91 Å². The Morgan fingerprint density at radius 1 is 1.09 bits per heavy atom. The van der Waals surface area contributed by atoms with Crippen molar-refractivity contribution in [3.63, 3.8) is 0 Å². The molecule has 1 aromatic heterocycles. The molecule has 1 saturated carbocycles. The number of furan rings is 1. The fourth-order valence-electron chi connectivity index (χ4n) is 4.60. The molecule has 4 rings (SSSR count). The Balaban J connectivity index is 1.54. The summed E-state index contributed by atoms with van der Waals surface area (Å²) < 4.78 is 25.9. The van der Waals surface area contributed by atoms with E-state index in [0.29, 0.717) is 23.0 Å². The first-order valence-electron chi connectivity index (χ1n) is 12.0. The maximum absolute atomic E-state index is 13.4. The maximum atomic E-state index is 13.4. The van der Waals surface area contributed by atoms with Gasteiger partial charge in [-0.3, -0.25) is 9.59 Å². The molecule has 184 valence electrons. The second kappa shape index (κ2) is 11.2. The predicted molar refractivity (Wildman–Crippen MR) is 130 cm³/mol. The van der Waals surface area contributed by atoms with Crippen LogP contribution in [0.3, 0.4) is 0 Å². The topological polar surface area (TPSA) is 88.8 Å². The zero-order valence-corrected chi connectivity index (χ0v) is 19.8. The summed E-state index contributed by atoms with van der Waals surface area (Å²) >= 11 is 0. The van der Waals surface area contributed by atoms with E-state index < -0.39 is 5.97 Å². The molecule has 7 heteroatoms. The Kier molecular flexibility index (Phi) is 7.85. The zero-order chi connectivity index (χ0) is 24.8. The molecule has 1 amide bonds. The van der Waals surface area contributed by atoms with Crippen LogP contribution in [-0.4, -0.2) is 23.5 Å². The van der Waals surface area contributed by atoms with Gasteiger partial charge in [0.05, 0.1) is 6.42 Å². The van der Waals surface area contributed by atoms with E-state index in [1.165, 1.54) is 18.6 Å². The number of rotatable bonds is 9. The second-order valence-electron chi connectivity index (χ2n) is 8.99. The van der Waals surface area contributed by atoms with E-state index >= 15 is 0 Å². The number of amides is 1. The molecule has 2 aromatic carbocycles. The largest absolute Gasteiger partial charge is 0.485 e. The molecule has 0 saturated heterocycles. The van der Waals surface area contributed by atoms with Crippen LogP contribution < -0.4 is 10.1 Å². The number of carboxylic acid groups (broad SMARTS) is 1. The third-order valence-electron chi connectivity index (χ3n) is 6.47. The van der Waals surface area contributed by atoms with Crippen molar-refractivity contribution in [2.24, 2.45) is 5.92 Å².